The minimum Gasteiger partial charge on any atom is -0.461 e. The highest BCUT2D eigenvalue weighted by molar-refractivity contribution is 7.90. The predicted octanol–water partition coefficient (Wildman–Crippen LogP) is 6.59. The lowest BCUT2D eigenvalue weighted by Crippen LogP contribution is -2.50. The molecule has 1 aromatic heterocycles. The number of hydrogen-bond acceptors (Lipinski definition) is 5. The van der Waals surface area contributed by atoms with Crippen LogP contribution in [0.15, 0.2) is 72.3 Å². The lowest BCUT2D eigenvalue weighted by Gasteiger charge is -2.46. The third-order valence-electron chi connectivity index (χ3n) is 8.30. The van der Waals surface area contributed by atoms with Gasteiger partial charge in [-0.05, 0) is 63.9 Å². The third kappa shape index (κ3) is 5.09. The highest BCUT2D eigenvalue weighted by Gasteiger charge is 2.50. The van der Waals surface area contributed by atoms with Crippen molar-refractivity contribution in [2.45, 2.75) is 77.7 Å². The van der Waals surface area contributed by atoms with Crippen molar-refractivity contribution in [2.24, 2.45) is 16.7 Å². The first-order valence-corrected chi connectivity index (χ1v) is 14.8. The Kier molecular flexibility index (Phi) is 7.22. The molecule has 1 heterocycles. The van der Waals surface area contributed by atoms with Gasteiger partial charge in [-0.3, -0.25) is 9.59 Å². The van der Waals surface area contributed by atoms with Gasteiger partial charge in [0.2, 0.25) is 0 Å². The number of ether oxygens (including phenoxy) is 1. The fourth-order valence-electron chi connectivity index (χ4n) is 5.54. The average Bonchev–Trinajstić information content (AvgIpc) is 3.30. The third-order valence-corrected chi connectivity index (χ3v) is 10.0. The molecule has 1 aliphatic carbocycles. The molecule has 1 aliphatic rings. The van der Waals surface area contributed by atoms with E-state index in [2.05, 4.69) is 6.58 Å². The largest absolute Gasteiger partial charge is 0.461 e. The number of ketones is 1. The number of aromatic nitrogens is 1. The molecule has 1 fully saturated rings. The number of esters is 1. The van der Waals surface area contributed by atoms with Gasteiger partial charge in [-0.1, -0.05) is 56.7 Å². The number of aryl methyl sites for hydroxylation is 1. The number of Topliss-reactive ketones (excluding diaryl/α,β-unsaturated/α-hetero) is 1. The van der Waals surface area contributed by atoms with Gasteiger partial charge in [0.25, 0.3) is 10.0 Å². The fourth-order valence-corrected chi connectivity index (χ4v) is 6.89. The van der Waals surface area contributed by atoms with Crippen LogP contribution in [0.2, 0.25) is 0 Å². The average molecular weight is 550 g/mol. The molecule has 1 saturated carbocycles. The van der Waals surface area contributed by atoms with E-state index < -0.39 is 38.3 Å². The molecule has 0 spiro atoms. The van der Waals surface area contributed by atoms with E-state index in [9.17, 15) is 18.0 Å². The molecule has 2 aromatic carbocycles. The molecule has 0 bridgehead atoms. The summed E-state index contributed by atoms with van der Waals surface area (Å²) in [5, 5.41) is 0.770. The summed E-state index contributed by atoms with van der Waals surface area (Å²) in [6.07, 6.45) is 3.37. The van der Waals surface area contributed by atoms with Crippen molar-refractivity contribution in [2.75, 3.05) is 0 Å². The van der Waals surface area contributed by atoms with Crippen LogP contribution in [0, 0.1) is 23.7 Å². The molecule has 0 N–H and O–H groups in total. The molecular formula is C32H39NO5S. The number of benzene rings is 2. The summed E-state index contributed by atoms with van der Waals surface area (Å²) in [5.41, 5.74) is 0.404. The molecule has 0 amide bonds. The SMILES string of the molecule is C=C[C@]1(C)CC(=O)[C@H](C(C)(C)c2cccc3c2ccn3S(=O)(=O)c2ccc(C)cc2)C[C@H]1OC(=O)C(C)(C)C. The summed E-state index contributed by atoms with van der Waals surface area (Å²) in [7, 11) is -3.81. The van der Waals surface area contributed by atoms with E-state index in [1.54, 1.807) is 48.7 Å². The van der Waals surface area contributed by atoms with Crippen molar-refractivity contribution in [3.63, 3.8) is 0 Å². The van der Waals surface area contributed by atoms with Gasteiger partial charge in [-0.2, -0.15) is 0 Å². The summed E-state index contributed by atoms with van der Waals surface area (Å²) < 4.78 is 34.4. The smallest absolute Gasteiger partial charge is 0.311 e. The lowest BCUT2D eigenvalue weighted by atomic mass is 9.60. The van der Waals surface area contributed by atoms with Crippen LogP contribution in [-0.2, 0) is 29.8 Å². The van der Waals surface area contributed by atoms with Crippen LogP contribution in [0.5, 0.6) is 0 Å². The van der Waals surface area contributed by atoms with Crippen LogP contribution in [0.1, 0.15) is 65.5 Å². The zero-order valence-electron chi connectivity index (χ0n) is 23.9. The minimum atomic E-state index is -3.81. The van der Waals surface area contributed by atoms with Gasteiger partial charge in [0.05, 0.1) is 15.8 Å². The van der Waals surface area contributed by atoms with Gasteiger partial charge in [0, 0.05) is 34.8 Å². The molecule has 39 heavy (non-hydrogen) atoms. The maximum Gasteiger partial charge on any atom is 0.311 e. The number of fused-ring (bicyclic) bond motifs is 1. The Hall–Kier alpha value is -3.19. The zero-order chi connectivity index (χ0) is 29.0. The summed E-state index contributed by atoms with van der Waals surface area (Å²) in [6, 6.07) is 14.2. The van der Waals surface area contributed by atoms with Crippen molar-refractivity contribution in [3.8, 4) is 0 Å². The summed E-state index contributed by atoms with van der Waals surface area (Å²) in [4.78, 5) is 26.7. The van der Waals surface area contributed by atoms with Gasteiger partial charge in [0.1, 0.15) is 11.9 Å². The Balaban J connectivity index is 1.76. The normalized spacial score (nSPS) is 22.6. The van der Waals surface area contributed by atoms with Crippen molar-refractivity contribution >= 4 is 32.7 Å². The van der Waals surface area contributed by atoms with Crippen molar-refractivity contribution in [1.29, 1.82) is 0 Å². The highest BCUT2D eigenvalue weighted by atomic mass is 32.2. The zero-order valence-corrected chi connectivity index (χ0v) is 24.8. The number of rotatable bonds is 6. The first-order chi connectivity index (χ1) is 18.0. The first-order valence-electron chi connectivity index (χ1n) is 13.3. The molecule has 3 aromatic rings. The van der Waals surface area contributed by atoms with E-state index in [0.717, 1.165) is 16.5 Å². The van der Waals surface area contributed by atoms with Crippen molar-refractivity contribution in [1.82, 2.24) is 3.97 Å². The topological polar surface area (TPSA) is 82.4 Å². The number of nitrogens with zero attached hydrogens (tertiary/aromatic N) is 1. The molecular weight excluding hydrogens is 510 g/mol. The number of hydrogen-bond donors (Lipinski definition) is 0. The fraction of sp³-hybridized carbons (Fsp3) is 0.438. The lowest BCUT2D eigenvalue weighted by molar-refractivity contribution is -0.170. The molecule has 0 unspecified atom stereocenters. The van der Waals surface area contributed by atoms with Crippen molar-refractivity contribution in [3.05, 3.63) is 78.5 Å². The predicted molar refractivity (Wildman–Crippen MR) is 154 cm³/mol. The van der Waals surface area contributed by atoms with Gasteiger partial charge >= 0.3 is 5.97 Å². The maximum absolute atomic E-state index is 13.6. The van der Waals surface area contributed by atoms with E-state index in [1.165, 1.54) is 3.97 Å². The van der Waals surface area contributed by atoms with Gasteiger partial charge in [-0.25, -0.2) is 12.4 Å². The van der Waals surface area contributed by atoms with Crippen LogP contribution < -0.4 is 0 Å². The Morgan fingerprint density at radius 1 is 1.08 bits per heavy atom. The van der Waals surface area contributed by atoms with Crippen LogP contribution in [0.4, 0.5) is 0 Å². The second-order valence-corrected chi connectivity index (χ2v) is 14.5. The van der Waals surface area contributed by atoms with Crippen LogP contribution in [-0.4, -0.2) is 30.2 Å². The van der Waals surface area contributed by atoms with Gasteiger partial charge < -0.3 is 4.74 Å². The summed E-state index contributed by atoms with van der Waals surface area (Å²) >= 11 is 0. The van der Waals surface area contributed by atoms with E-state index in [1.807, 2.05) is 60.6 Å². The second kappa shape index (κ2) is 9.77. The van der Waals surface area contributed by atoms with E-state index in [0.29, 0.717) is 11.9 Å². The molecule has 0 radical (unpaired) electrons. The van der Waals surface area contributed by atoms with E-state index >= 15 is 0 Å². The first kappa shape index (κ1) is 28.8. The second-order valence-electron chi connectivity index (χ2n) is 12.7. The van der Waals surface area contributed by atoms with Crippen LogP contribution in [0.25, 0.3) is 10.9 Å². The van der Waals surface area contributed by atoms with E-state index in [4.69, 9.17) is 4.74 Å². The molecule has 6 nitrogen and oxygen atoms in total. The minimum absolute atomic E-state index is 0.0779. The highest BCUT2D eigenvalue weighted by Crippen LogP contribution is 2.48. The summed E-state index contributed by atoms with van der Waals surface area (Å²) in [6.45, 7) is 17.2. The molecule has 4 rings (SSSR count). The van der Waals surface area contributed by atoms with Gasteiger partial charge in [-0.15, -0.1) is 6.58 Å². The quantitative estimate of drug-likeness (QED) is 0.256. The van der Waals surface area contributed by atoms with Crippen molar-refractivity contribution < 1.29 is 22.7 Å². The molecule has 3 atom stereocenters. The molecule has 0 saturated heterocycles. The van der Waals surface area contributed by atoms with E-state index in [-0.39, 0.29) is 23.1 Å². The maximum atomic E-state index is 13.6. The molecule has 7 heteroatoms. The Morgan fingerprint density at radius 3 is 2.31 bits per heavy atom. The Bertz CT molecular complexity index is 1540. The van der Waals surface area contributed by atoms with Crippen LogP contribution >= 0.6 is 0 Å². The molecule has 0 aliphatic heterocycles. The van der Waals surface area contributed by atoms with Crippen LogP contribution in [0.3, 0.4) is 0 Å². The monoisotopic (exact) mass is 549 g/mol. The summed E-state index contributed by atoms with van der Waals surface area (Å²) in [5.74, 6) is -0.674. The van der Waals surface area contributed by atoms with Gasteiger partial charge in [0.15, 0.2) is 0 Å². The Labute approximate surface area is 232 Å². The standard InChI is InChI=1S/C32H39NO5S/c1-9-32(8)20-27(34)25(19-28(32)38-29(35)30(3,4)5)31(6,7)24-11-10-12-26-23(24)17-18-33(26)39(36,37)22-15-13-21(2)14-16-22/h9-18,25,28H,1,19-20H2,2-8H3/t25-,28-,32-/m1/s1. The molecule has 208 valence electrons. The number of carbonyl (C=O) groups is 2. The Morgan fingerprint density at radius 2 is 1.72 bits per heavy atom. The number of carbonyl (C=O) groups excluding carboxylic acids is 2.